The van der Waals surface area contributed by atoms with Gasteiger partial charge in [0.15, 0.2) is 5.58 Å². The van der Waals surface area contributed by atoms with E-state index < -0.39 is 16.6 Å². The smallest absolute Gasteiger partial charge is 0.208 e. The van der Waals surface area contributed by atoms with E-state index in [2.05, 4.69) is 4.98 Å². The maximum Gasteiger partial charge on any atom is 0.208 e. The van der Waals surface area contributed by atoms with E-state index in [9.17, 15) is 8.60 Å². The van der Waals surface area contributed by atoms with Crippen molar-refractivity contribution < 1.29 is 13.0 Å². The maximum atomic E-state index is 13.5. The van der Waals surface area contributed by atoms with Crippen molar-refractivity contribution in [1.82, 2.24) is 4.98 Å². The second-order valence-electron chi connectivity index (χ2n) is 4.26. The number of halogens is 1. The van der Waals surface area contributed by atoms with Gasteiger partial charge in [0.25, 0.3) is 0 Å². The van der Waals surface area contributed by atoms with Crippen LogP contribution in [-0.4, -0.2) is 9.19 Å². The van der Waals surface area contributed by atoms with Crippen LogP contribution in [0.4, 0.5) is 10.1 Å². The molecule has 2 aromatic carbocycles. The summed E-state index contributed by atoms with van der Waals surface area (Å²) in [5.41, 5.74) is 7.38. The minimum atomic E-state index is -1.54. The van der Waals surface area contributed by atoms with Crippen LogP contribution in [0.15, 0.2) is 51.8 Å². The Labute approximate surface area is 116 Å². The first kappa shape index (κ1) is 12.8. The fourth-order valence-electron chi connectivity index (χ4n) is 1.87. The Hall–Kier alpha value is -2.21. The van der Waals surface area contributed by atoms with Crippen molar-refractivity contribution in [3.63, 3.8) is 0 Å². The molecule has 0 saturated heterocycles. The van der Waals surface area contributed by atoms with E-state index in [1.54, 1.807) is 30.3 Å². The number of anilines is 1. The number of nitrogens with zero attached hydrogens (tertiary/aromatic N) is 1. The number of nitrogens with two attached hydrogens (primary N) is 1. The number of fused-ring (bicyclic) bond motifs is 1. The van der Waals surface area contributed by atoms with E-state index in [0.717, 1.165) is 0 Å². The molecular formula is C14H11FN2O2S. The summed E-state index contributed by atoms with van der Waals surface area (Å²) < 4.78 is 31.1. The van der Waals surface area contributed by atoms with Gasteiger partial charge in [0, 0.05) is 11.8 Å². The molecule has 20 heavy (non-hydrogen) atoms. The zero-order valence-electron chi connectivity index (χ0n) is 10.4. The molecule has 1 atom stereocenters. The van der Waals surface area contributed by atoms with E-state index in [1.807, 2.05) is 0 Å². The van der Waals surface area contributed by atoms with Crippen LogP contribution < -0.4 is 5.73 Å². The van der Waals surface area contributed by atoms with Crippen LogP contribution in [0.25, 0.3) is 11.1 Å². The summed E-state index contributed by atoms with van der Waals surface area (Å²) in [6, 6.07) is 11.1. The Balaban J connectivity index is 1.89. The molecule has 4 nitrogen and oxygen atoms in total. The highest BCUT2D eigenvalue weighted by Gasteiger charge is 2.14. The minimum Gasteiger partial charge on any atom is -0.440 e. The number of hydrogen-bond donors (Lipinski definition) is 1. The lowest BCUT2D eigenvalue weighted by Crippen LogP contribution is -1.99. The number of nitrogen functional groups attached to an aromatic ring is 1. The Morgan fingerprint density at radius 1 is 1.25 bits per heavy atom. The minimum absolute atomic E-state index is 0.0233. The fourth-order valence-corrected chi connectivity index (χ4v) is 2.89. The van der Waals surface area contributed by atoms with Crippen molar-refractivity contribution >= 4 is 27.6 Å². The lowest BCUT2D eigenvalue weighted by molar-refractivity contribution is 0.551. The Bertz CT molecular complexity index is 801. The van der Waals surface area contributed by atoms with Crippen molar-refractivity contribution in [2.24, 2.45) is 0 Å². The number of hydrogen-bond acceptors (Lipinski definition) is 4. The van der Waals surface area contributed by atoms with Gasteiger partial charge in [-0.05, 0) is 24.3 Å². The summed E-state index contributed by atoms with van der Waals surface area (Å²) in [4.78, 5) is 4.36. The fraction of sp³-hybridized carbons (Fsp3) is 0.0714. The zero-order chi connectivity index (χ0) is 14.1. The van der Waals surface area contributed by atoms with Gasteiger partial charge in [-0.1, -0.05) is 12.1 Å². The van der Waals surface area contributed by atoms with Crippen LogP contribution in [-0.2, 0) is 16.6 Å². The topological polar surface area (TPSA) is 69.1 Å². The van der Waals surface area contributed by atoms with Crippen molar-refractivity contribution in [1.29, 1.82) is 0 Å². The molecule has 3 rings (SSSR count). The Morgan fingerprint density at radius 2 is 2.05 bits per heavy atom. The molecule has 0 aliphatic heterocycles. The standard InChI is InChI=1S/C14H11FN2O2S/c15-10-3-1-2-4-13(10)20(18)8-14-17-11-6-5-9(16)7-12(11)19-14/h1-7H,8,16H2. The number of oxazole rings is 1. The predicted octanol–water partition coefficient (Wildman–Crippen LogP) is 2.86. The monoisotopic (exact) mass is 290 g/mol. The van der Waals surface area contributed by atoms with Gasteiger partial charge < -0.3 is 10.2 Å². The SMILES string of the molecule is Nc1ccc2nc(CS(=O)c3ccccc3F)oc2c1. The Morgan fingerprint density at radius 3 is 2.85 bits per heavy atom. The van der Waals surface area contributed by atoms with Crippen molar-refractivity contribution in [3.8, 4) is 0 Å². The molecule has 3 aromatic rings. The summed E-state index contributed by atoms with van der Waals surface area (Å²) in [6.07, 6.45) is 0. The molecule has 102 valence electrons. The maximum absolute atomic E-state index is 13.5. The molecule has 0 spiro atoms. The first-order valence-electron chi connectivity index (χ1n) is 5.91. The third kappa shape index (κ3) is 2.42. The molecule has 1 unspecified atom stereocenters. The summed E-state index contributed by atoms with van der Waals surface area (Å²) >= 11 is 0. The van der Waals surface area contributed by atoms with Gasteiger partial charge in [0.05, 0.1) is 15.7 Å². The number of aromatic nitrogens is 1. The molecular weight excluding hydrogens is 279 g/mol. The molecule has 0 amide bonds. The van der Waals surface area contributed by atoms with Crippen molar-refractivity contribution in [2.75, 3.05) is 5.73 Å². The normalized spacial score (nSPS) is 12.7. The summed E-state index contributed by atoms with van der Waals surface area (Å²) in [5, 5.41) is 0. The molecule has 0 fully saturated rings. The van der Waals surface area contributed by atoms with Crippen LogP contribution in [0.5, 0.6) is 0 Å². The van der Waals surface area contributed by atoms with E-state index in [4.69, 9.17) is 10.2 Å². The van der Waals surface area contributed by atoms with Crippen molar-refractivity contribution in [2.45, 2.75) is 10.6 Å². The Kier molecular flexibility index (Phi) is 3.23. The largest absolute Gasteiger partial charge is 0.440 e. The lowest BCUT2D eigenvalue weighted by Gasteiger charge is -2.00. The van der Waals surface area contributed by atoms with Crippen LogP contribution in [0, 0.1) is 5.82 Å². The van der Waals surface area contributed by atoms with Gasteiger partial charge in [0.2, 0.25) is 5.89 Å². The number of rotatable bonds is 3. The zero-order valence-corrected chi connectivity index (χ0v) is 11.2. The van der Waals surface area contributed by atoms with Crippen molar-refractivity contribution in [3.05, 3.63) is 54.2 Å². The van der Waals surface area contributed by atoms with Gasteiger partial charge in [-0.3, -0.25) is 4.21 Å². The first-order chi connectivity index (χ1) is 9.63. The third-order valence-corrected chi connectivity index (χ3v) is 4.12. The highest BCUT2D eigenvalue weighted by atomic mass is 32.2. The third-order valence-electron chi connectivity index (χ3n) is 2.79. The second-order valence-corrected chi connectivity index (χ2v) is 5.67. The summed E-state index contributed by atoms with van der Waals surface area (Å²) in [5.74, 6) is -0.173. The molecule has 0 radical (unpaired) electrons. The highest BCUT2D eigenvalue weighted by Crippen LogP contribution is 2.21. The van der Waals surface area contributed by atoms with Gasteiger partial charge >= 0.3 is 0 Å². The molecule has 0 aliphatic rings. The molecule has 0 saturated carbocycles. The quantitative estimate of drug-likeness (QED) is 0.753. The first-order valence-corrected chi connectivity index (χ1v) is 7.23. The van der Waals surface area contributed by atoms with E-state index in [0.29, 0.717) is 22.7 Å². The molecule has 1 aromatic heterocycles. The van der Waals surface area contributed by atoms with Crippen LogP contribution in [0.2, 0.25) is 0 Å². The van der Waals surface area contributed by atoms with Crippen LogP contribution >= 0.6 is 0 Å². The van der Waals surface area contributed by atoms with Gasteiger partial charge in [-0.25, -0.2) is 9.37 Å². The second kappa shape index (κ2) is 5.05. The van der Waals surface area contributed by atoms with E-state index in [1.165, 1.54) is 12.1 Å². The summed E-state index contributed by atoms with van der Waals surface area (Å²) in [6.45, 7) is 0. The average Bonchev–Trinajstić information content (AvgIpc) is 2.80. The molecule has 0 aliphatic carbocycles. The average molecular weight is 290 g/mol. The van der Waals surface area contributed by atoms with Gasteiger partial charge in [-0.2, -0.15) is 0 Å². The van der Waals surface area contributed by atoms with Crippen LogP contribution in [0.3, 0.4) is 0 Å². The van der Waals surface area contributed by atoms with Gasteiger partial charge in [0.1, 0.15) is 17.1 Å². The molecule has 1 heterocycles. The molecule has 0 bridgehead atoms. The van der Waals surface area contributed by atoms with Gasteiger partial charge in [-0.15, -0.1) is 0 Å². The molecule has 6 heteroatoms. The van der Waals surface area contributed by atoms with Crippen LogP contribution in [0.1, 0.15) is 5.89 Å². The lowest BCUT2D eigenvalue weighted by atomic mass is 10.3. The molecule has 2 N–H and O–H groups in total. The van der Waals surface area contributed by atoms with E-state index >= 15 is 0 Å². The highest BCUT2D eigenvalue weighted by molar-refractivity contribution is 7.84. The van der Waals surface area contributed by atoms with E-state index in [-0.39, 0.29) is 10.6 Å². The number of benzene rings is 2. The summed E-state index contributed by atoms with van der Waals surface area (Å²) in [7, 11) is -1.54. The predicted molar refractivity (Wildman–Crippen MR) is 74.9 cm³/mol.